The highest BCUT2D eigenvalue weighted by molar-refractivity contribution is 7.98. The average molecular weight is 231 g/mol. The minimum Gasteiger partial charge on any atom is -0.389 e. The molecule has 1 rings (SSSR count). The van der Waals surface area contributed by atoms with Crippen molar-refractivity contribution in [1.29, 1.82) is 0 Å². The van der Waals surface area contributed by atoms with E-state index in [1.54, 1.807) is 6.20 Å². The van der Waals surface area contributed by atoms with E-state index in [-0.39, 0.29) is 0 Å². The maximum Gasteiger partial charge on any atom is 0.184 e. The van der Waals surface area contributed by atoms with Gasteiger partial charge in [-0.05, 0) is 24.9 Å². The van der Waals surface area contributed by atoms with Crippen LogP contribution in [0.15, 0.2) is 6.20 Å². The number of aromatic nitrogens is 1. The number of thiazole rings is 1. The summed E-state index contributed by atoms with van der Waals surface area (Å²) in [5, 5.41) is 4.97. The minimum atomic E-state index is 0.773. The number of unbranched alkanes of at least 4 members (excludes halogenated alkanes) is 2. The second-order valence-electron chi connectivity index (χ2n) is 3.05. The molecule has 0 radical (unpaired) electrons. The van der Waals surface area contributed by atoms with E-state index in [9.17, 15) is 0 Å². The molecule has 1 heterocycles. The Kier molecular flexibility index (Phi) is 5.78. The number of nitrogens with two attached hydrogens (primary N) is 1. The van der Waals surface area contributed by atoms with E-state index in [1.807, 2.05) is 11.8 Å². The monoisotopic (exact) mass is 231 g/mol. The topological polar surface area (TPSA) is 50.9 Å². The van der Waals surface area contributed by atoms with Crippen LogP contribution in [0.1, 0.15) is 19.3 Å². The molecule has 0 aromatic carbocycles. The van der Waals surface area contributed by atoms with E-state index in [1.165, 1.54) is 36.4 Å². The second-order valence-corrected chi connectivity index (χ2v) is 5.10. The van der Waals surface area contributed by atoms with Gasteiger partial charge in [-0.25, -0.2) is 4.98 Å². The standard InChI is InChI=1S/C9H17N3S2/c1-13-6-4-2-3-5-11-9-12-7-8(10)14-9/h7H,2-6,10H2,1H3,(H,11,12). The van der Waals surface area contributed by atoms with E-state index in [2.05, 4.69) is 16.6 Å². The highest BCUT2D eigenvalue weighted by Gasteiger charge is 1.96. The lowest BCUT2D eigenvalue weighted by molar-refractivity contribution is 0.749. The van der Waals surface area contributed by atoms with Gasteiger partial charge in [-0.2, -0.15) is 11.8 Å². The molecule has 0 amide bonds. The Bertz CT molecular complexity index is 250. The normalized spacial score (nSPS) is 10.4. The van der Waals surface area contributed by atoms with Gasteiger partial charge in [0.2, 0.25) is 0 Å². The van der Waals surface area contributed by atoms with Crippen molar-refractivity contribution >= 4 is 33.2 Å². The van der Waals surface area contributed by atoms with Gasteiger partial charge >= 0.3 is 0 Å². The van der Waals surface area contributed by atoms with E-state index in [0.717, 1.165) is 16.7 Å². The lowest BCUT2D eigenvalue weighted by Crippen LogP contribution is -2.00. The second kappa shape index (κ2) is 6.95. The van der Waals surface area contributed by atoms with E-state index in [0.29, 0.717) is 0 Å². The van der Waals surface area contributed by atoms with E-state index in [4.69, 9.17) is 5.73 Å². The Morgan fingerprint density at radius 3 is 3.00 bits per heavy atom. The lowest BCUT2D eigenvalue weighted by Gasteiger charge is -2.01. The highest BCUT2D eigenvalue weighted by atomic mass is 32.2. The lowest BCUT2D eigenvalue weighted by atomic mass is 10.2. The molecule has 0 aliphatic rings. The molecule has 0 saturated carbocycles. The van der Waals surface area contributed by atoms with Crippen molar-refractivity contribution in [3.05, 3.63) is 6.20 Å². The molecule has 0 spiro atoms. The van der Waals surface area contributed by atoms with Gasteiger partial charge < -0.3 is 11.1 Å². The maximum absolute atomic E-state index is 5.56. The van der Waals surface area contributed by atoms with Crippen molar-refractivity contribution in [2.75, 3.05) is 29.6 Å². The summed E-state index contributed by atoms with van der Waals surface area (Å²) < 4.78 is 0. The zero-order valence-electron chi connectivity index (χ0n) is 8.45. The first-order chi connectivity index (χ1) is 6.83. The summed E-state index contributed by atoms with van der Waals surface area (Å²) in [4.78, 5) is 4.13. The molecule has 1 aromatic rings. The van der Waals surface area contributed by atoms with Gasteiger partial charge in [0, 0.05) is 6.54 Å². The van der Waals surface area contributed by atoms with Gasteiger partial charge in [-0.1, -0.05) is 17.8 Å². The van der Waals surface area contributed by atoms with Crippen molar-refractivity contribution in [2.45, 2.75) is 19.3 Å². The Balaban J connectivity index is 1.99. The number of thioether (sulfide) groups is 1. The SMILES string of the molecule is CSCCCCCNc1ncc(N)s1. The average Bonchev–Trinajstić information content (AvgIpc) is 2.58. The van der Waals surface area contributed by atoms with Crippen molar-refractivity contribution < 1.29 is 0 Å². The summed E-state index contributed by atoms with van der Waals surface area (Å²) >= 11 is 3.42. The number of nitrogens with one attached hydrogen (secondary N) is 1. The van der Waals surface area contributed by atoms with Crippen LogP contribution >= 0.6 is 23.1 Å². The first-order valence-electron chi connectivity index (χ1n) is 4.77. The Morgan fingerprint density at radius 1 is 1.50 bits per heavy atom. The van der Waals surface area contributed by atoms with Crippen LogP contribution in [0.25, 0.3) is 0 Å². The summed E-state index contributed by atoms with van der Waals surface area (Å²) in [6.45, 7) is 1.00. The molecule has 0 fully saturated rings. The molecule has 0 saturated heterocycles. The van der Waals surface area contributed by atoms with Crippen LogP contribution in [0.3, 0.4) is 0 Å². The quantitative estimate of drug-likeness (QED) is 0.708. The third-order valence-corrected chi connectivity index (χ3v) is 3.31. The van der Waals surface area contributed by atoms with Crippen LogP contribution in [-0.4, -0.2) is 23.5 Å². The molecular formula is C9H17N3S2. The van der Waals surface area contributed by atoms with Gasteiger partial charge in [0.05, 0.1) is 6.20 Å². The molecule has 0 aliphatic heterocycles. The smallest absolute Gasteiger partial charge is 0.184 e. The van der Waals surface area contributed by atoms with Gasteiger partial charge in [0.15, 0.2) is 5.13 Å². The van der Waals surface area contributed by atoms with Crippen molar-refractivity contribution in [1.82, 2.24) is 4.98 Å². The molecule has 0 aliphatic carbocycles. The Morgan fingerprint density at radius 2 is 2.36 bits per heavy atom. The van der Waals surface area contributed by atoms with Crippen molar-refractivity contribution in [3.63, 3.8) is 0 Å². The number of rotatable bonds is 7. The fourth-order valence-corrected chi connectivity index (χ4v) is 2.21. The third-order valence-electron chi connectivity index (χ3n) is 1.83. The molecule has 5 heteroatoms. The molecule has 3 N–H and O–H groups in total. The van der Waals surface area contributed by atoms with Gasteiger partial charge in [0.25, 0.3) is 0 Å². The summed E-state index contributed by atoms with van der Waals surface area (Å²) in [5.74, 6) is 1.27. The van der Waals surface area contributed by atoms with Crippen LogP contribution < -0.4 is 11.1 Å². The number of anilines is 2. The summed E-state index contributed by atoms with van der Waals surface area (Å²) in [7, 11) is 0. The maximum atomic E-state index is 5.56. The molecule has 14 heavy (non-hydrogen) atoms. The number of hydrogen-bond donors (Lipinski definition) is 2. The predicted molar refractivity (Wildman–Crippen MR) is 67.2 cm³/mol. The van der Waals surface area contributed by atoms with Gasteiger partial charge in [-0.3, -0.25) is 0 Å². The molecule has 0 atom stereocenters. The Hall–Kier alpha value is -0.420. The fraction of sp³-hybridized carbons (Fsp3) is 0.667. The summed E-state index contributed by atoms with van der Waals surface area (Å²) in [5.41, 5.74) is 5.56. The van der Waals surface area contributed by atoms with Crippen LogP contribution in [0.5, 0.6) is 0 Å². The summed E-state index contributed by atoms with van der Waals surface area (Å²) in [6.07, 6.45) is 7.65. The van der Waals surface area contributed by atoms with Crippen molar-refractivity contribution in [3.8, 4) is 0 Å². The van der Waals surface area contributed by atoms with Gasteiger partial charge in [-0.15, -0.1) is 0 Å². The van der Waals surface area contributed by atoms with Gasteiger partial charge in [0.1, 0.15) is 5.00 Å². The first kappa shape index (κ1) is 11.7. The van der Waals surface area contributed by atoms with E-state index >= 15 is 0 Å². The van der Waals surface area contributed by atoms with Crippen LogP contribution in [0.4, 0.5) is 10.1 Å². The first-order valence-corrected chi connectivity index (χ1v) is 6.98. The predicted octanol–water partition coefficient (Wildman–Crippen LogP) is 2.67. The number of hydrogen-bond acceptors (Lipinski definition) is 5. The molecule has 3 nitrogen and oxygen atoms in total. The minimum absolute atomic E-state index is 0.773. The van der Waals surface area contributed by atoms with Crippen molar-refractivity contribution in [2.24, 2.45) is 0 Å². The highest BCUT2D eigenvalue weighted by Crippen LogP contribution is 2.19. The molecular weight excluding hydrogens is 214 g/mol. The largest absolute Gasteiger partial charge is 0.389 e. The number of nitrogen functional groups attached to an aromatic ring is 1. The number of nitrogens with zero attached hydrogens (tertiary/aromatic N) is 1. The zero-order chi connectivity index (χ0) is 10.2. The molecule has 80 valence electrons. The zero-order valence-corrected chi connectivity index (χ0v) is 10.1. The molecule has 0 bridgehead atoms. The Labute approximate surface area is 93.5 Å². The fourth-order valence-electron chi connectivity index (χ4n) is 1.11. The molecule has 0 unspecified atom stereocenters. The van der Waals surface area contributed by atoms with Crippen LogP contribution in [0, 0.1) is 0 Å². The van der Waals surface area contributed by atoms with E-state index < -0.39 is 0 Å². The molecule has 1 aromatic heterocycles. The van der Waals surface area contributed by atoms with Crippen LogP contribution in [0.2, 0.25) is 0 Å². The summed E-state index contributed by atoms with van der Waals surface area (Å²) in [6, 6.07) is 0. The van der Waals surface area contributed by atoms with Crippen LogP contribution in [-0.2, 0) is 0 Å². The third kappa shape index (κ3) is 4.72.